The van der Waals surface area contributed by atoms with Gasteiger partial charge in [-0.2, -0.15) is 0 Å². The second-order valence-electron chi connectivity index (χ2n) is 5.76. The first-order chi connectivity index (χ1) is 12.0. The summed E-state index contributed by atoms with van der Waals surface area (Å²) in [6.45, 7) is 6.27. The van der Waals surface area contributed by atoms with Gasteiger partial charge in [0, 0.05) is 25.4 Å². The molecule has 0 bridgehead atoms. The van der Waals surface area contributed by atoms with E-state index in [2.05, 4.69) is 29.0 Å². The first-order valence-corrected chi connectivity index (χ1v) is 8.49. The van der Waals surface area contributed by atoms with Crippen LogP contribution in [-0.4, -0.2) is 42.3 Å². The molecule has 25 heavy (non-hydrogen) atoms. The number of rotatable bonds is 9. The van der Waals surface area contributed by atoms with Gasteiger partial charge in [-0.05, 0) is 31.3 Å². The topological polar surface area (TPSA) is 80.5 Å². The Hall–Kier alpha value is -2.60. The van der Waals surface area contributed by atoms with Gasteiger partial charge in [0.05, 0.1) is 30.0 Å². The smallest absolute Gasteiger partial charge is 0.152 e. The summed E-state index contributed by atoms with van der Waals surface area (Å²) in [5, 5.41) is 3.01. The third-order valence-corrected chi connectivity index (χ3v) is 3.99. The molecule has 0 spiro atoms. The molecule has 6 heteroatoms. The van der Waals surface area contributed by atoms with E-state index in [1.54, 1.807) is 24.4 Å². The zero-order valence-electron chi connectivity index (χ0n) is 15.1. The second kappa shape index (κ2) is 9.03. The van der Waals surface area contributed by atoms with E-state index in [-0.39, 0.29) is 5.78 Å². The zero-order chi connectivity index (χ0) is 18.2. The predicted molar refractivity (Wildman–Crippen MR) is 101 cm³/mol. The van der Waals surface area contributed by atoms with Gasteiger partial charge in [0.2, 0.25) is 0 Å². The quantitative estimate of drug-likeness (QED) is 0.682. The number of hydrogen-bond acceptors (Lipinski definition) is 6. The van der Waals surface area contributed by atoms with Gasteiger partial charge in [-0.3, -0.25) is 14.7 Å². The molecule has 0 radical (unpaired) electrons. The lowest BCUT2D eigenvalue weighted by Gasteiger charge is -2.16. The molecule has 0 atom stereocenters. The predicted octanol–water partition coefficient (Wildman–Crippen LogP) is 2.95. The molecule has 2 aromatic rings. The summed E-state index contributed by atoms with van der Waals surface area (Å²) in [5.41, 5.74) is 8.12. The lowest BCUT2D eigenvalue weighted by molar-refractivity contribution is -0.119. The van der Waals surface area contributed by atoms with Gasteiger partial charge in [-0.25, -0.2) is 0 Å². The summed E-state index contributed by atoms with van der Waals surface area (Å²) in [6, 6.07) is 9.02. The molecule has 0 aliphatic rings. The summed E-state index contributed by atoms with van der Waals surface area (Å²) in [6.07, 6.45) is 1.95. The Kier molecular flexibility index (Phi) is 6.77. The Morgan fingerprint density at radius 3 is 2.56 bits per heavy atom. The van der Waals surface area contributed by atoms with Gasteiger partial charge in [-0.1, -0.05) is 13.8 Å². The van der Waals surface area contributed by atoms with Crippen molar-refractivity contribution in [2.45, 2.75) is 20.3 Å². The van der Waals surface area contributed by atoms with Crippen LogP contribution >= 0.6 is 0 Å². The molecule has 1 aromatic carbocycles. The van der Waals surface area contributed by atoms with Crippen molar-refractivity contribution in [2.24, 2.45) is 0 Å². The normalized spacial score (nSPS) is 10.7. The molecule has 1 heterocycles. The fourth-order valence-corrected chi connectivity index (χ4v) is 2.54. The highest BCUT2D eigenvalue weighted by atomic mass is 16.5. The fraction of sp³-hybridized carbons (Fsp3) is 0.368. The maximum atomic E-state index is 12.2. The lowest BCUT2D eigenvalue weighted by atomic mass is 10.2. The van der Waals surface area contributed by atoms with E-state index < -0.39 is 0 Å². The summed E-state index contributed by atoms with van der Waals surface area (Å²) in [7, 11) is 1.82. The number of nitrogen functional groups attached to an aromatic ring is 1. The third kappa shape index (κ3) is 5.46. The largest absolute Gasteiger partial charge is 0.457 e. The van der Waals surface area contributed by atoms with E-state index in [9.17, 15) is 4.79 Å². The third-order valence-electron chi connectivity index (χ3n) is 3.99. The molecule has 0 saturated carbocycles. The van der Waals surface area contributed by atoms with Gasteiger partial charge in [0.15, 0.2) is 5.78 Å². The van der Waals surface area contributed by atoms with Crippen molar-refractivity contribution < 1.29 is 9.53 Å². The number of carbonyl (C=O) groups is 1. The highest BCUT2D eigenvalue weighted by Gasteiger charge is 2.10. The molecular weight excluding hydrogens is 316 g/mol. The molecule has 0 amide bonds. The van der Waals surface area contributed by atoms with E-state index >= 15 is 0 Å². The van der Waals surface area contributed by atoms with E-state index in [0.717, 1.165) is 18.8 Å². The molecule has 0 aliphatic heterocycles. The highest BCUT2D eigenvalue weighted by Crippen LogP contribution is 2.27. The number of ether oxygens (including phenoxy) is 1. The summed E-state index contributed by atoms with van der Waals surface area (Å²) < 4.78 is 5.83. The number of carbonyl (C=O) groups excluding carboxylic acids is 1. The average Bonchev–Trinajstić information content (AvgIpc) is 2.60. The molecule has 0 fully saturated rings. The maximum Gasteiger partial charge on any atom is 0.152 e. The number of pyridine rings is 1. The first kappa shape index (κ1) is 18.7. The Balaban J connectivity index is 2.03. The van der Waals surface area contributed by atoms with Crippen molar-refractivity contribution in [3.05, 3.63) is 42.2 Å². The molecular formula is C19H26N4O2. The van der Waals surface area contributed by atoms with Crippen molar-refractivity contribution >= 4 is 17.2 Å². The number of ketones is 1. The average molecular weight is 342 g/mol. The van der Waals surface area contributed by atoms with Crippen molar-refractivity contribution in [1.82, 2.24) is 9.88 Å². The standard InChI is InChI=1S/C19H26N4O2/c1-4-23(5-2)13-15(24)10-14-11-17(8-9-22-14)25-16-6-7-19(21-3)18(20)12-16/h6-9,11-12,21H,4-5,10,13,20H2,1-3H3. The van der Waals surface area contributed by atoms with Crippen LogP contribution < -0.4 is 15.8 Å². The first-order valence-electron chi connectivity index (χ1n) is 8.49. The van der Waals surface area contributed by atoms with Crippen LogP contribution in [0, 0.1) is 0 Å². The minimum Gasteiger partial charge on any atom is -0.457 e. The van der Waals surface area contributed by atoms with E-state index in [1.807, 2.05) is 19.2 Å². The Morgan fingerprint density at radius 2 is 1.92 bits per heavy atom. The number of likely N-dealkylation sites (N-methyl/N-ethyl adjacent to an activating group) is 1. The molecule has 0 saturated heterocycles. The molecule has 0 unspecified atom stereocenters. The summed E-state index contributed by atoms with van der Waals surface area (Å²) in [4.78, 5) is 18.5. The molecule has 134 valence electrons. The van der Waals surface area contributed by atoms with Crippen LogP contribution in [0.3, 0.4) is 0 Å². The molecule has 6 nitrogen and oxygen atoms in total. The molecule has 2 rings (SSSR count). The number of anilines is 2. The molecule has 3 N–H and O–H groups in total. The van der Waals surface area contributed by atoms with Crippen molar-refractivity contribution in [3.8, 4) is 11.5 Å². The van der Waals surface area contributed by atoms with Crippen LogP contribution in [0.5, 0.6) is 11.5 Å². The number of nitrogens with two attached hydrogens (primary N) is 1. The fourth-order valence-electron chi connectivity index (χ4n) is 2.54. The van der Waals surface area contributed by atoms with Crippen molar-refractivity contribution in [3.63, 3.8) is 0 Å². The Labute approximate surface area is 149 Å². The highest BCUT2D eigenvalue weighted by molar-refractivity contribution is 5.82. The Morgan fingerprint density at radius 1 is 1.20 bits per heavy atom. The number of hydrogen-bond donors (Lipinski definition) is 2. The van der Waals surface area contributed by atoms with Crippen LogP contribution in [0.4, 0.5) is 11.4 Å². The van der Waals surface area contributed by atoms with Crippen LogP contribution in [0.25, 0.3) is 0 Å². The van der Waals surface area contributed by atoms with Gasteiger partial charge in [0.25, 0.3) is 0 Å². The van der Waals surface area contributed by atoms with Crippen LogP contribution in [-0.2, 0) is 11.2 Å². The second-order valence-corrected chi connectivity index (χ2v) is 5.76. The zero-order valence-corrected chi connectivity index (χ0v) is 15.1. The maximum absolute atomic E-state index is 12.2. The SMILES string of the molecule is CCN(CC)CC(=O)Cc1cc(Oc2ccc(NC)c(N)c2)ccn1. The number of benzene rings is 1. The van der Waals surface area contributed by atoms with Crippen molar-refractivity contribution in [1.29, 1.82) is 0 Å². The molecule has 0 aliphatic carbocycles. The van der Waals surface area contributed by atoms with Gasteiger partial charge in [-0.15, -0.1) is 0 Å². The number of Topliss-reactive ketones (excluding diaryl/α,β-unsaturated/α-hetero) is 1. The summed E-state index contributed by atoms with van der Waals surface area (Å²) in [5.74, 6) is 1.43. The van der Waals surface area contributed by atoms with Gasteiger partial charge >= 0.3 is 0 Å². The lowest BCUT2D eigenvalue weighted by Crippen LogP contribution is -2.30. The van der Waals surface area contributed by atoms with Crippen molar-refractivity contribution in [2.75, 3.05) is 37.7 Å². The molecule has 1 aromatic heterocycles. The van der Waals surface area contributed by atoms with Crippen LogP contribution in [0.2, 0.25) is 0 Å². The van der Waals surface area contributed by atoms with Crippen LogP contribution in [0.15, 0.2) is 36.5 Å². The van der Waals surface area contributed by atoms with E-state index in [4.69, 9.17) is 10.5 Å². The minimum atomic E-state index is 0.149. The number of nitrogens with one attached hydrogen (secondary N) is 1. The monoisotopic (exact) mass is 342 g/mol. The number of aromatic nitrogens is 1. The Bertz CT molecular complexity index is 714. The minimum absolute atomic E-state index is 0.149. The van der Waals surface area contributed by atoms with Crippen LogP contribution in [0.1, 0.15) is 19.5 Å². The summed E-state index contributed by atoms with van der Waals surface area (Å²) >= 11 is 0. The van der Waals surface area contributed by atoms with E-state index in [0.29, 0.717) is 35.8 Å². The number of nitrogens with zero attached hydrogens (tertiary/aromatic N) is 2. The van der Waals surface area contributed by atoms with Gasteiger partial charge < -0.3 is 15.8 Å². The van der Waals surface area contributed by atoms with E-state index in [1.165, 1.54) is 0 Å². The van der Waals surface area contributed by atoms with Gasteiger partial charge in [0.1, 0.15) is 11.5 Å².